The summed E-state index contributed by atoms with van der Waals surface area (Å²) in [5.41, 5.74) is 3.30. The van der Waals surface area contributed by atoms with Gasteiger partial charge in [-0.05, 0) is 31.3 Å². The molecule has 27 heavy (non-hydrogen) atoms. The predicted molar refractivity (Wildman–Crippen MR) is 98.0 cm³/mol. The molecule has 0 radical (unpaired) electrons. The number of aromatic nitrogens is 2. The van der Waals surface area contributed by atoms with Crippen LogP contribution in [-0.4, -0.2) is 59.2 Å². The number of hydrogen-bond acceptors (Lipinski definition) is 7. The van der Waals surface area contributed by atoms with Gasteiger partial charge in [-0.2, -0.15) is 5.26 Å². The molecule has 1 aromatic heterocycles. The SMILES string of the molecule is CN1CCOC(CNc2nc3c(c(-c4ccc(F)cc4)n2)CN(C#N)C3)C1. The Morgan fingerprint density at radius 2 is 2.11 bits per heavy atom. The second kappa shape index (κ2) is 7.47. The Bertz CT molecular complexity index is 866. The molecule has 2 aromatic rings. The van der Waals surface area contributed by atoms with Gasteiger partial charge in [0, 0.05) is 30.8 Å². The highest BCUT2D eigenvalue weighted by Crippen LogP contribution is 2.31. The Hall–Kier alpha value is -2.76. The van der Waals surface area contributed by atoms with Crippen molar-refractivity contribution in [2.45, 2.75) is 19.2 Å². The van der Waals surface area contributed by atoms with Crippen LogP contribution in [0.4, 0.5) is 10.3 Å². The van der Waals surface area contributed by atoms with Crippen LogP contribution in [0.2, 0.25) is 0 Å². The van der Waals surface area contributed by atoms with Crippen LogP contribution in [0.15, 0.2) is 24.3 Å². The molecule has 1 atom stereocenters. The second-order valence-corrected chi connectivity index (χ2v) is 6.92. The highest BCUT2D eigenvalue weighted by molar-refractivity contribution is 5.66. The fourth-order valence-corrected chi connectivity index (χ4v) is 3.45. The summed E-state index contributed by atoms with van der Waals surface area (Å²) < 4.78 is 19.1. The summed E-state index contributed by atoms with van der Waals surface area (Å²) >= 11 is 0. The lowest BCUT2D eigenvalue weighted by atomic mass is 10.1. The molecule has 0 bridgehead atoms. The predicted octanol–water partition coefficient (Wildman–Crippen LogP) is 1.82. The van der Waals surface area contributed by atoms with E-state index in [1.54, 1.807) is 17.0 Å². The van der Waals surface area contributed by atoms with E-state index < -0.39 is 0 Å². The molecular formula is C19H21FN6O. The fraction of sp³-hybridized carbons (Fsp3) is 0.421. The molecule has 2 aliphatic rings. The van der Waals surface area contributed by atoms with Gasteiger partial charge in [-0.1, -0.05) is 0 Å². The number of benzene rings is 1. The van der Waals surface area contributed by atoms with Gasteiger partial charge in [-0.15, -0.1) is 0 Å². The van der Waals surface area contributed by atoms with E-state index in [0.29, 0.717) is 32.2 Å². The zero-order valence-electron chi connectivity index (χ0n) is 15.2. The quantitative estimate of drug-likeness (QED) is 0.825. The maximum absolute atomic E-state index is 13.3. The monoisotopic (exact) mass is 368 g/mol. The molecule has 4 rings (SSSR count). The Morgan fingerprint density at radius 3 is 2.85 bits per heavy atom. The molecule has 7 nitrogen and oxygen atoms in total. The summed E-state index contributed by atoms with van der Waals surface area (Å²) in [4.78, 5) is 13.1. The van der Waals surface area contributed by atoms with E-state index in [-0.39, 0.29) is 11.9 Å². The molecule has 140 valence electrons. The number of nitriles is 1. The highest BCUT2D eigenvalue weighted by Gasteiger charge is 2.26. The van der Waals surface area contributed by atoms with E-state index in [4.69, 9.17) is 4.74 Å². The minimum absolute atomic E-state index is 0.0745. The summed E-state index contributed by atoms with van der Waals surface area (Å²) in [6, 6.07) is 6.24. The third-order valence-corrected chi connectivity index (χ3v) is 4.87. The van der Waals surface area contributed by atoms with Crippen LogP contribution >= 0.6 is 0 Å². The van der Waals surface area contributed by atoms with Crippen LogP contribution in [0, 0.1) is 17.3 Å². The van der Waals surface area contributed by atoms with E-state index in [2.05, 4.69) is 33.4 Å². The standard InChI is InChI=1S/C19H21FN6O/c1-25-6-7-27-15(9-25)8-22-19-23-17-11-26(12-21)10-16(17)18(24-19)13-2-4-14(20)5-3-13/h2-5,15H,6-11H2,1H3,(H,22,23,24). The molecule has 0 saturated carbocycles. The Kier molecular flexibility index (Phi) is 4.88. The largest absolute Gasteiger partial charge is 0.374 e. The molecule has 0 aliphatic carbocycles. The van der Waals surface area contributed by atoms with Gasteiger partial charge >= 0.3 is 0 Å². The Labute approximate surface area is 157 Å². The molecule has 1 saturated heterocycles. The number of ether oxygens (including phenoxy) is 1. The first-order valence-electron chi connectivity index (χ1n) is 8.97. The normalized spacial score (nSPS) is 19.6. The number of anilines is 1. The van der Waals surface area contributed by atoms with Gasteiger partial charge < -0.3 is 19.9 Å². The van der Waals surface area contributed by atoms with Gasteiger partial charge in [0.1, 0.15) is 5.82 Å². The third-order valence-electron chi connectivity index (χ3n) is 4.87. The van der Waals surface area contributed by atoms with Crippen molar-refractivity contribution in [2.75, 3.05) is 38.6 Å². The minimum atomic E-state index is -0.292. The molecule has 0 amide bonds. The molecule has 8 heteroatoms. The zero-order chi connectivity index (χ0) is 18.8. The number of hydrogen-bond donors (Lipinski definition) is 1. The van der Waals surface area contributed by atoms with Crippen molar-refractivity contribution in [1.29, 1.82) is 5.26 Å². The van der Waals surface area contributed by atoms with Crippen molar-refractivity contribution in [3.63, 3.8) is 0 Å². The molecule has 0 spiro atoms. The lowest BCUT2D eigenvalue weighted by Crippen LogP contribution is -2.43. The summed E-state index contributed by atoms with van der Waals surface area (Å²) in [5, 5.41) is 12.5. The first-order valence-corrected chi connectivity index (χ1v) is 8.97. The van der Waals surface area contributed by atoms with Crippen LogP contribution in [-0.2, 0) is 17.8 Å². The number of halogens is 1. The summed E-state index contributed by atoms with van der Waals surface area (Å²) in [6.45, 7) is 4.03. The molecule has 2 aliphatic heterocycles. The molecule has 1 unspecified atom stereocenters. The van der Waals surface area contributed by atoms with Crippen LogP contribution in [0.5, 0.6) is 0 Å². The third kappa shape index (κ3) is 3.84. The van der Waals surface area contributed by atoms with Crippen molar-refractivity contribution in [1.82, 2.24) is 19.8 Å². The average Bonchev–Trinajstić information content (AvgIpc) is 3.10. The second-order valence-electron chi connectivity index (χ2n) is 6.92. The van der Waals surface area contributed by atoms with Gasteiger partial charge in [0.15, 0.2) is 6.19 Å². The lowest BCUT2D eigenvalue weighted by molar-refractivity contribution is -0.0117. The van der Waals surface area contributed by atoms with E-state index >= 15 is 0 Å². The number of likely N-dealkylation sites (N-methyl/N-ethyl adjacent to an activating group) is 1. The smallest absolute Gasteiger partial charge is 0.223 e. The Morgan fingerprint density at radius 1 is 1.30 bits per heavy atom. The fourth-order valence-electron chi connectivity index (χ4n) is 3.45. The molecule has 1 aromatic carbocycles. The summed E-state index contributed by atoms with van der Waals surface area (Å²) in [7, 11) is 2.07. The van der Waals surface area contributed by atoms with E-state index in [1.165, 1.54) is 12.1 Å². The van der Waals surface area contributed by atoms with Gasteiger partial charge in [-0.25, -0.2) is 14.4 Å². The number of nitrogens with one attached hydrogen (secondary N) is 1. The van der Waals surface area contributed by atoms with Crippen molar-refractivity contribution in [2.24, 2.45) is 0 Å². The highest BCUT2D eigenvalue weighted by atomic mass is 19.1. The minimum Gasteiger partial charge on any atom is -0.374 e. The maximum atomic E-state index is 13.3. The number of nitrogens with zero attached hydrogens (tertiary/aromatic N) is 5. The number of rotatable bonds is 4. The van der Waals surface area contributed by atoms with Crippen LogP contribution in [0.1, 0.15) is 11.3 Å². The lowest BCUT2D eigenvalue weighted by Gasteiger charge is -2.30. The van der Waals surface area contributed by atoms with Gasteiger partial charge in [0.2, 0.25) is 5.95 Å². The van der Waals surface area contributed by atoms with E-state index in [0.717, 1.165) is 35.6 Å². The van der Waals surface area contributed by atoms with Gasteiger partial charge in [0.25, 0.3) is 0 Å². The van der Waals surface area contributed by atoms with Crippen molar-refractivity contribution in [3.8, 4) is 17.5 Å². The topological polar surface area (TPSA) is 77.3 Å². The van der Waals surface area contributed by atoms with Gasteiger partial charge in [-0.3, -0.25) is 0 Å². The first-order chi connectivity index (χ1) is 13.1. The summed E-state index contributed by atoms with van der Waals surface area (Å²) in [6.07, 6.45) is 2.24. The average molecular weight is 368 g/mol. The number of morpholine rings is 1. The maximum Gasteiger partial charge on any atom is 0.223 e. The van der Waals surface area contributed by atoms with Crippen LogP contribution in [0.25, 0.3) is 11.3 Å². The molecule has 1 fully saturated rings. The van der Waals surface area contributed by atoms with Crippen molar-refractivity contribution < 1.29 is 9.13 Å². The van der Waals surface area contributed by atoms with E-state index in [9.17, 15) is 9.65 Å². The Balaban J connectivity index is 1.60. The van der Waals surface area contributed by atoms with Crippen molar-refractivity contribution >= 4 is 5.95 Å². The molecular weight excluding hydrogens is 347 g/mol. The zero-order valence-corrected chi connectivity index (χ0v) is 15.2. The summed E-state index contributed by atoms with van der Waals surface area (Å²) in [5.74, 6) is 0.213. The molecule has 3 heterocycles. The van der Waals surface area contributed by atoms with Crippen LogP contribution < -0.4 is 5.32 Å². The van der Waals surface area contributed by atoms with Crippen LogP contribution in [0.3, 0.4) is 0 Å². The van der Waals surface area contributed by atoms with Crippen molar-refractivity contribution in [3.05, 3.63) is 41.3 Å². The number of fused-ring (bicyclic) bond motifs is 1. The first kappa shape index (κ1) is 17.6. The van der Waals surface area contributed by atoms with Gasteiger partial charge in [0.05, 0.1) is 37.2 Å². The van der Waals surface area contributed by atoms with E-state index in [1.807, 2.05) is 0 Å². The molecule has 1 N–H and O–H groups in total.